The summed E-state index contributed by atoms with van der Waals surface area (Å²) in [4.78, 5) is 15.4. The van der Waals surface area contributed by atoms with Crippen LogP contribution in [0.1, 0.15) is 0 Å². The second-order valence-electron chi connectivity index (χ2n) is 12.7. The summed E-state index contributed by atoms with van der Waals surface area (Å²) < 4.78 is 2.28. The quantitative estimate of drug-likeness (QED) is 0.182. The van der Waals surface area contributed by atoms with Gasteiger partial charge in [0.2, 0.25) is 0 Å². The molecule has 4 nitrogen and oxygen atoms in total. The molecule has 3 heterocycles. The Hall–Kier alpha value is -6.43. The predicted octanol–water partition coefficient (Wildman–Crippen LogP) is 12.5. The molecule has 0 N–H and O–H groups in total. The van der Waals surface area contributed by atoms with Crippen LogP contribution in [0.15, 0.2) is 192 Å². The molecule has 0 aliphatic carbocycles. The van der Waals surface area contributed by atoms with Gasteiger partial charge in [0.05, 0.1) is 28.0 Å². The van der Waals surface area contributed by atoms with E-state index in [9.17, 15) is 0 Å². The second-order valence-corrected chi connectivity index (χ2v) is 13.7. The number of fused-ring (bicyclic) bond motifs is 5. The predicted molar refractivity (Wildman–Crippen MR) is 211 cm³/mol. The van der Waals surface area contributed by atoms with E-state index in [0.29, 0.717) is 5.82 Å². The summed E-state index contributed by atoms with van der Waals surface area (Å²) in [5, 5.41) is 2.16. The molecule has 1 aliphatic rings. The monoisotopic (exact) mass is 670 g/mol. The number of nitrogens with zero attached hydrogens (tertiary/aromatic N) is 4. The Kier molecular flexibility index (Phi) is 7.03. The van der Waals surface area contributed by atoms with Crippen LogP contribution < -0.4 is 4.90 Å². The Balaban J connectivity index is 1.21. The highest BCUT2D eigenvalue weighted by Gasteiger charge is 2.26. The zero-order chi connectivity index (χ0) is 33.7. The van der Waals surface area contributed by atoms with Gasteiger partial charge in [0.25, 0.3) is 0 Å². The van der Waals surface area contributed by atoms with E-state index in [-0.39, 0.29) is 0 Å². The average Bonchev–Trinajstić information content (AvgIpc) is 3.54. The molecule has 10 rings (SSSR count). The number of hydrogen-bond donors (Lipinski definition) is 0. The molecule has 1 aliphatic heterocycles. The molecule has 0 saturated carbocycles. The summed E-state index contributed by atoms with van der Waals surface area (Å²) in [6, 6.07) is 64.2. The molecule has 0 unspecified atom stereocenters. The molecule has 0 amide bonds. The third-order valence-electron chi connectivity index (χ3n) is 9.58. The van der Waals surface area contributed by atoms with Crippen LogP contribution in [0.5, 0.6) is 0 Å². The molecule has 0 bridgehead atoms. The maximum absolute atomic E-state index is 5.31. The molecule has 2 aromatic heterocycles. The zero-order valence-corrected chi connectivity index (χ0v) is 28.3. The van der Waals surface area contributed by atoms with E-state index in [2.05, 4.69) is 173 Å². The molecular weight excluding hydrogens is 641 g/mol. The Bertz CT molecular complexity index is 2710. The summed E-state index contributed by atoms with van der Waals surface area (Å²) in [5.74, 6) is 0.706. The molecule has 0 spiro atoms. The highest BCUT2D eigenvalue weighted by atomic mass is 32.2. The van der Waals surface area contributed by atoms with Crippen LogP contribution in [0, 0.1) is 0 Å². The van der Waals surface area contributed by atoms with Gasteiger partial charge in [-0.05, 0) is 71.8 Å². The minimum absolute atomic E-state index is 0.706. The van der Waals surface area contributed by atoms with Gasteiger partial charge in [0.1, 0.15) is 5.65 Å². The van der Waals surface area contributed by atoms with Crippen molar-refractivity contribution in [3.8, 4) is 39.5 Å². The number of para-hydroxylation sites is 3. The molecule has 240 valence electrons. The molecule has 7 aromatic carbocycles. The van der Waals surface area contributed by atoms with Crippen molar-refractivity contribution in [3.63, 3.8) is 0 Å². The molecule has 0 radical (unpaired) electrons. The lowest BCUT2D eigenvalue weighted by Crippen LogP contribution is -2.14. The van der Waals surface area contributed by atoms with E-state index in [1.54, 1.807) is 0 Å². The lowest BCUT2D eigenvalue weighted by atomic mass is 10.0. The van der Waals surface area contributed by atoms with E-state index in [4.69, 9.17) is 9.97 Å². The van der Waals surface area contributed by atoms with E-state index in [0.717, 1.165) is 55.7 Å². The first-order valence-electron chi connectivity index (χ1n) is 17.1. The Morgan fingerprint density at radius 3 is 1.76 bits per heavy atom. The summed E-state index contributed by atoms with van der Waals surface area (Å²) in [6.45, 7) is 0. The number of anilines is 3. The summed E-state index contributed by atoms with van der Waals surface area (Å²) in [6.07, 6.45) is 0. The van der Waals surface area contributed by atoms with Crippen molar-refractivity contribution >= 4 is 50.8 Å². The maximum Gasteiger partial charge on any atom is 0.162 e. The Labute approximate surface area is 300 Å². The Morgan fingerprint density at radius 1 is 0.431 bits per heavy atom. The number of benzene rings is 7. The maximum atomic E-state index is 5.31. The number of aromatic nitrogens is 3. The van der Waals surface area contributed by atoms with Crippen molar-refractivity contribution in [2.24, 2.45) is 0 Å². The fourth-order valence-corrected chi connectivity index (χ4v) is 8.33. The topological polar surface area (TPSA) is 34.0 Å². The first-order valence-corrected chi connectivity index (χ1v) is 17.9. The lowest BCUT2D eigenvalue weighted by molar-refractivity contribution is 1.11. The normalized spacial score (nSPS) is 12.2. The van der Waals surface area contributed by atoms with Crippen LogP contribution in [0.2, 0.25) is 0 Å². The van der Waals surface area contributed by atoms with Gasteiger partial charge < -0.3 is 4.90 Å². The van der Waals surface area contributed by atoms with E-state index >= 15 is 0 Å². The van der Waals surface area contributed by atoms with Gasteiger partial charge in [-0.1, -0.05) is 133 Å². The van der Waals surface area contributed by atoms with Crippen molar-refractivity contribution in [1.29, 1.82) is 0 Å². The van der Waals surface area contributed by atoms with Crippen molar-refractivity contribution in [1.82, 2.24) is 14.5 Å². The van der Waals surface area contributed by atoms with Crippen molar-refractivity contribution in [2.45, 2.75) is 9.79 Å². The van der Waals surface area contributed by atoms with Crippen molar-refractivity contribution in [3.05, 3.63) is 182 Å². The molecule has 9 aromatic rings. The number of hydrogen-bond acceptors (Lipinski definition) is 4. The van der Waals surface area contributed by atoms with Crippen LogP contribution in [0.3, 0.4) is 0 Å². The van der Waals surface area contributed by atoms with Crippen LogP contribution in [0.4, 0.5) is 17.1 Å². The van der Waals surface area contributed by atoms with Gasteiger partial charge in [0, 0.05) is 37.7 Å². The van der Waals surface area contributed by atoms with Crippen molar-refractivity contribution < 1.29 is 0 Å². The average molecular weight is 671 g/mol. The molecular formula is C46H30N4S. The van der Waals surface area contributed by atoms with Crippen LogP contribution in [0.25, 0.3) is 61.4 Å². The fourth-order valence-electron chi connectivity index (χ4n) is 7.24. The van der Waals surface area contributed by atoms with Crippen LogP contribution in [-0.4, -0.2) is 14.5 Å². The minimum atomic E-state index is 0.706. The van der Waals surface area contributed by atoms with Gasteiger partial charge >= 0.3 is 0 Å². The van der Waals surface area contributed by atoms with Gasteiger partial charge in [-0.2, -0.15) is 0 Å². The fraction of sp³-hybridized carbons (Fsp3) is 0. The molecule has 51 heavy (non-hydrogen) atoms. The highest BCUT2D eigenvalue weighted by Crippen LogP contribution is 2.52. The largest absolute Gasteiger partial charge is 0.308 e. The van der Waals surface area contributed by atoms with Crippen molar-refractivity contribution in [2.75, 3.05) is 4.90 Å². The molecule has 0 saturated heterocycles. The first-order chi connectivity index (χ1) is 25.3. The molecule has 0 atom stereocenters. The Morgan fingerprint density at radius 2 is 1.02 bits per heavy atom. The summed E-state index contributed by atoms with van der Waals surface area (Å²) >= 11 is 1.83. The number of rotatable bonds is 5. The minimum Gasteiger partial charge on any atom is -0.308 e. The van der Waals surface area contributed by atoms with Gasteiger partial charge in [-0.3, -0.25) is 4.57 Å². The van der Waals surface area contributed by atoms with Crippen LogP contribution >= 0.6 is 11.8 Å². The zero-order valence-electron chi connectivity index (χ0n) is 27.5. The standard InChI is InChI=1S/C46H30N4S/c1-5-15-31(16-6-1)44-43-37-29-33(34-26-28-40-42(30-34)51-41-24-14-13-23-39(41)49(40)35-19-9-3-10-20-35)25-27-38(37)50(36-21-11-4-12-22-36)46(43)48-45(47-44)32-17-7-2-8-18-32/h1-30H. The van der Waals surface area contributed by atoms with Gasteiger partial charge in [0.15, 0.2) is 5.82 Å². The second kappa shape index (κ2) is 12.2. The third kappa shape index (κ3) is 5.01. The van der Waals surface area contributed by atoms with E-state index < -0.39 is 0 Å². The lowest BCUT2D eigenvalue weighted by Gasteiger charge is -2.33. The third-order valence-corrected chi connectivity index (χ3v) is 10.7. The summed E-state index contributed by atoms with van der Waals surface area (Å²) in [5.41, 5.74) is 11.9. The van der Waals surface area contributed by atoms with Gasteiger partial charge in [-0.15, -0.1) is 0 Å². The smallest absolute Gasteiger partial charge is 0.162 e. The highest BCUT2D eigenvalue weighted by molar-refractivity contribution is 7.99. The summed E-state index contributed by atoms with van der Waals surface area (Å²) in [7, 11) is 0. The van der Waals surface area contributed by atoms with E-state index in [1.165, 1.54) is 26.7 Å². The van der Waals surface area contributed by atoms with Gasteiger partial charge in [-0.25, -0.2) is 9.97 Å². The SMILES string of the molecule is c1ccc(-c2nc(-c3ccccc3)c3c4cc(-c5ccc6c(c5)Sc5ccccc5N6c5ccccc5)ccc4n(-c4ccccc4)c3n2)cc1. The molecule has 0 fully saturated rings. The first kappa shape index (κ1) is 29.5. The molecule has 5 heteroatoms. The van der Waals surface area contributed by atoms with Crippen LogP contribution in [-0.2, 0) is 0 Å². The van der Waals surface area contributed by atoms with E-state index in [1.807, 2.05) is 30.0 Å².